The van der Waals surface area contributed by atoms with Crippen LogP contribution < -0.4 is 0 Å². The predicted octanol–water partition coefficient (Wildman–Crippen LogP) is 3.46. The summed E-state index contributed by atoms with van der Waals surface area (Å²) in [5, 5.41) is 0.812. The van der Waals surface area contributed by atoms with E-state index in [2.05, 4.69) is 12.1 Å². The SMILES string of the molecule is C/C=C/Cc1cccc(Cl)c1. The Morgan fingerprint density at radius 3 is 2.91 bits per heavy atom. The smallest absolute Gasteiger partial charge is 0.0408 e. The van der Waals surface area contributed by atoms with Crippen molar-refractivity contribution in [2.24, 2.45) is 0 Å². The van der Waals surface area contributed by atoms with Crippen LogP contribution in [-0.2, 0) is 6.42 Å². The lowest BCUT2D eigenvalue weighted by Gasteiger charge is -1.95. The van der Waals surface area contributed by atoms with Gasteiger partial charge in [-0.3, -0.25) is 0 Å². The Kier molecular flexibility index (Phi) is 3.18. The number of hydrogen-bond acceptors (Lipinski definition) is 0. The Morgan fingerprint density at radius 2 is 2.27 bits per heavy atom. The van der Waals surface area contributed by atoms with Gasteiger partial charge in [-0.15, -0.1) is 0 Å². The van der Waals surface area contributed by atoms with Crippen LogP contribution in [0, 0.1) is 0 Å². The molecule has 0 bridgehead atoms. The van der Waals surface area contributed by atoms with Crippen LogP contribution in [0.25, 0.3) is 0 Å². The second-order valence-electron chi connectivity index (χ2n) is 2.40. The molecule has 1 rings (SSSR count). The van der Waals surface area contributed by atoms with Crippen LogP contribution in [0.15, 0.2) is 36.4 Å². The van der Waals surface area contributed by atoms with Crippen LogP contribution in [0.5, 0.6) is 0 Å². The van der Waals surface area contributed by atoms with Crippen LogP contribution in [0.3, 0.4) is 0 Å². The molecule has 0 aliphatic carbocycles. The van der Waals surface area contributed by atoms with E-state index < -0.39 is 0 Å². The molecule has 0 saturated carbocycles. The Labute approximate surface area is 72.5 Å². The molecule has 0 unspecified atom stereocenters. The molecule has 1 aromatic carbocycles. The lowest BCUT2D eigenvalue weighted by Crippen LogP contribution is -1.78. The number of hydrogen-bond donors (Lipinski definition) is 0. The lowest BCUT2D eigenvalue weighted by molar-refractivity contribution is 1.26. The van der Waals surface area contributed by atoms with E-state index >= 15 is 0 Å². The van der Waals surface area contributed by atoms with E-state index in [1.807, 2.05) is 31.2 Å². The normalized spacial score (nSPS) is 10.7. The molecule has 1 heteroatoms. The standard InChI is InChI=1S/C10H11Cl/c1-2-3-5-9-6-4-7-10(11)8-9/h2-4,6-8H,5H2,1H3/b3-2+. The Hall–Kier alpha value is -0.750. The van der Waals surface area contributed by atoms with Gasteiger partial charge in [0.15, 0.2) is 0 Å². The highest BCUT2D eigenvalue weighted by Gasteiger charge is 1.89. The monoisotopic (exact) mass is 166 g/mol. The van der Waals surface area contributed by atoms with E-state index in [0.29, 0.717) is 0 Å². The van der Waals surface area contributed by atoms with Crippen molar-refractivity contribution < 1.29 is 0 Å². The van der Waals surface area contributed by atoms with Gasteiger partial charge in [0.05, 0.1) is 0 Å². The van der Waals surface area contributed by atoms with Gasteiger partial charge >= 0.3 is 0 Å². The number of benzene rings is 1. The van der Waals surface area contributed by atoms with E-state index in [1.165, 1.54) is 5.56 Å². The summed E-state index contributed by atoms with van der Waals surface area (Å²) in [6.45, 7) is 2.02. The van der Waals surface area contributed by atoms with Crippen LogP contribution >= 0.6 is 11.6 Å². The zero-order valence-corrected chi connectivity index (χ0v) is 7.31. The summed E-state index contributed by atoms with van der Waals surface area (Å²) in [5.41, 5.74) is 1.26. The van der Waals surface area contributed by atoms with E-state index in [0.717, 1.165) is 11.4 Å². The minimum absolute atomic E-state index is 0.812. The fourth-order valence-corrected chi connectivity index (χ4v) is 1.13. The molecule has 0 radical (unpaired) electrons. The van der Waals surface area contributed by atoms with Crippen LogP contribution in [0.2, 0.25) is 5.02 Å². The fourth-order valence-electron chi connectivity index (χ4n) is 0.918. The lowest BCUT2D eigenvalue weighted by atomic mass is 10.1. The molecule has 0 aromatic heterocycles. The molecule has 0 aliphatic rings. The molecule has 0 fully saturated rings. The summed E-state index contributed by atoms with van der Waals surface area (Å²) in [7, 11) is 0. The first-order chi connectivity index (χ1) is 5.33. The van der Waals surface area contributed by atoms with Crippen molar-refractivity contribution >= 4 is 11.6 Å². The molecule has 0 heterocycles. The average Bonchev–Trinajstić information content (AvgIpc) is 2.01. The van der Waals surface area contributed by atoms with Gasteiger partial charge in [-0.05, 0) is 31.0 Å². The topological polar surface area (TPSA) is 0 Å². The molecule has 58 valence electrons. The highest BCUT2D eigenvalue weighted by Crippen LogP contribution is 2.11. The van der Waals surface area contributed by atoms with E-state index in [4.69, 9.17) is 11.6 Å². The third-order valence-electron chi connectivity index (χ3n) is 1.48. The first-order valence-electron chi connectivity index (χ1n) is 3.68. The van der Waals surface area contributed by atoms with Gasteiger partial charge in [0.25, 0.3) is 0 Å². The first kappa shape index (κ1) is 8.35. The van der Waals surface area contributed by atoms with E-state index in [-0.39, 0.29) is 0 Å². The zero-order chi connectivity index (χ0) is 8.10. The van der Waals surface area contributed by atoms with E-state index in [1.54, 1.807) is 0 Å². The molecule has 11 heavy (non-hydrogen) atoms. The molecule has 0 aliphatic heterocycles. The van der Waals surface area contributed by atoms with Gasteiger partial charge in [0.1, 0.15) is 0 Å². The van der Waals surface area contributed by atoms with Gasteiger partial charge in [-0.2, -0.15) is 0 Å². The second-order valence-corrected chi connectivity index (χ2v) is 2.84. The molecule has 1 aromatic rings. The zero-order valence-electron chi connectivity index (χ0n) is 6.55. The molecule has 0 amide bonds. The highest BCUT2D eigenvalue weighted by molar-refractivity contribution is 6.30. The summed E-state index contributed by atoms with van der Waals surface area (Å²) in [6.07, 6.45) is 5.13. The van der Waals surface area contributed by atoms with Crippen molar-refractivity contribution in [3.63, 3.8) is 0 Å². The summed E-state index contributed by atoms with van der Waals surface area (Å²) >= 11 is 5.80. The van der Waals surface area contributed by atoms with Gasteiger partial charge < -0.3 is 0 Å². The Morgan fingerprint density at radius 1 is 1.45 bits per heavy atom. The fraction of sp³-hybridized carbons (Fsp3) is 0.200. The van der Waals surface area contributed by atoms with Gasteiger partial charge in [0, 0.05) is 5.02 Å². The largest absolute Gasteiger partial charge is 0.0913 e. The van der Waals surface area contributed by atoms with Crippen molar-refractivity contribution in [2.75, 3.05) is 0 Å². The highest BCUT2D eigenvalue weighted by atomic mass is 35.5. The third kappa shape index (κ3) is 2.77. The molecule has 0 nitrogen and oxygen atoms in total. The van der Waals surface area contributed by atoms with Gasteiger partial charge in [0.2, 0.25) is 0 Å². The predicted molar refractivity (Wildman–Crippen MR) is 50.0 cm³/mol. The van der Waals surface area contributed by atoms with Crippen LogP contribution in [0.1, 0.15) is 12.5 Å². The second kappa shape index (κ2) is 4.20. The van der Waals surface area contributed by atoms with Crippen molar-refractivity contribution in [2.45, 2.75) is 13.3 Å². The molecular formula is C10H11Cl. The number of rotatable bonds is 2. The minimum atomic E-state index is 0.812. The number of halogens is 1. The third-order valence-corrected chi connectivity index (χ3v) is 1.71. The summed E-state index contributed by atoms with van der Waals surface area (Å²) in [6, 6.07) is 7.93. The molecular weight excluding hydrogens is 156 g/mol. The van der Waals surface area contributed by atoms with Crippen molar-refractivity contribution in [1.82, 2.24) is 0 Å². The molecule has 0 spiro atoms. The molecule has 0 atom stereocenters. The van der Waals surface area contributed by atoms with Gasteiger partial charge in [-0.1, -0.05) is 35.9 Å². The van der Waals surface area contributed by atoms with Gasteiger partial charge in [-0.25, -0.2) is 0 Å². The average molecular weight is 167 g/mol. The minimum Gasteiger partial charge on any atom is -0.0913 e. The van der Waals surface area contributed by atoms with Crippen LogP contribution in [-0.4, -0.2) is 0 Å². The Balaban J connectivity index is 2.71. The maximum Gasteiger partial charge on any atom is 0.0408 e. The van der Waals surface area contributed by atoms with Crippen molar-refractivity contribution in [1.29, 1.82) is 0 Å². The number of allylic oxidation sites excluding steroid dienone is 2. The summed E-state index contributed by atoms with van der Waals surface area (Å²) in [4.78, 5) is 0. The van der Waals surface area contributed by atoms with Crippen molar-refractivity contribution in [3.05, 3.63) is 47.0 Å². The summed E-state index contributed by atoms with van der Waals surface area (Å²) in [5.74, 6) is 0. The quantitative estimate of drug-likeness (QED) is 0.591. The molecule has 0 N–H and O–H groups in total. The van der Waals surface area contributed by atoms with E-state index in [9.17, 15) is 0 Å². The first-order valence-corrected chi connectivity index (χ1v) is 4.06. The maximum atomic E-state index is 5.80. The maximum absolute atomic E-state index is 5.80. The van der Waals surface area contributed by atoms with Crippen LogP contribution in [0.4, 0.5) is 0 Å². The molecule has 0 saturated heterocycles. The van der Waals surface area contributed by atoms with Crippen molar-refractivity contribution in [3.8, 4) is 0 Å². The summed E-state index contributed by atoms with van der Waals surface area (Å²) < 4.78 is 0. The Bertz CT molecular complexity index is 251.